The van der Waals surface area contributed by atoms with E-state index in [1.54, 1.807) is 0 Å². The molecule has 0 bridgehead atoms. The van der Waals surface area contributed by atoms with Crippen LogP contribution in [0.1, 0.15) is 75.3 Å². The van der Waals surface area contributed by atoms with E-state index in [0.717, 1.165) is 12.0 Å². The van der Waals surface area contributed by atoms with E-state index >= 15 is 0 Å². The molecule has 1 aliphatic carbocycles. The van der Waals surface area contributed by atoms with Crippen molar-refractivity contribution >= 4 is 6.08 Å². The van der Waals surface area contributed by atoms with Crippen molar-refractivity contribution in [3.05, 3.63) is 41.5 Å². The van der Waals surface area contributed by atoms with Gasteiger partial charge in [-0.15, -0.1) is 0 Å². The molecule has 0 nitrogen and oxygen atoms in total. The third kappa shape index (κ3) is 5.26. The zero-order valence-corrected chi connectivity index (χ0v) is 13.0. The fourth-order valence-electron chi connectivity index (χ4n) is 3.46. The van der Waals surface area contributed by atoms with Crippen LogP contribution in [0.15, 0.2) is 30.3 Å². The van der Waals surface area contributed by atoms with Crippen LogP contribution in [0, 0.1) is 5.92 Å². The predicted molar refractivity (Wildman–Crippen MR) is 85.5 cm³/mol. The second-order valence-electron chi connectivity index (χ2n) is 6.31. The fourth-order valence-corrected chi connectivity index (χ4v) is 3.46. The molecule has 0 aliphatic heterocycles. The Morgan fingerprint density at radius 3 is 2.29 bits per heavy atom. The van der Waals surface area contributed by atoms with Crippen molar-refractivity contribution in [2.24, 2.45) is 5.92 Å². The first kappa shape index (κ1) is 16.2. The van der Waals surface area contributed by atoms with Crippen LogP contribution in [0.5, 0.6) is 0 Å². The van der Waals surface area contributed by atoms with Gasteiger partial charge in [0.15, 0.2) is 0 Å². The lowest BCUT2D eigenvalue weighted by molar-refractivity contribution is 0.303. The molecule has 0 aromatic heterocycles. The summed E-state index contributed by atoms with van der Waals surface area (Å²) in [5.41, 5.74) is 1.91. The van der Waals surface area contributed by atoms with Crippen LogP contribution in [0.3, 0.4) is 0 Å². The van der Waals surface area contributed by atoms with Crippen LogP contribution < -0.4 is 0 Å². The average molecular weight is 292 g/mol. The summed E-state index contributed by atoms with van der Waals surface area (Å²) < 4.78 is 24.4. The van der Waals surface area contributed by atoms with Crippen molar-refractivity contribution in [3.63, 3.8) is 0 Å². The van der Waals surface area contributed by atoms with E-state index in [4.69, 9.17) is 0 Å². The third-order valence-corrected chi connectivity index (χ3v) is 4.75. The molecule has 0 unspecified atom stereocenters. The van der Waals surface area contributed by atoms with Gasteiger partial charge in [-0.2, -0.15) is 8.78 Å². The smallest absolute Gasteiger partial charge is 0.173 e. The largest absolute Gasteiger partial charge is 0.270 e. The highest BCUT2D eigenvalue weighted by atomic mass is 19.3. The van der Waals surface area contributed by atoms with Crippen molar-refractivity contribution in [1.29, 1.82) is 0 Å². The molecular formula is C19H26F2. The van der Waals surface area contributed by atoms with Gasteiger partial charge in [0, 0.05) is 6.08 Å². The molecule has 0 atom stereocenters. The van der Waals surface area contributed by atoms with Crippen LogP contribution in [0.25, 0.3) is 6.08 Å². The van der Waals surface area contributed by atoms with E-state index in [1.165, 1.54) is 56.9 Å². The standard InChI is InChI=1S/C19H26F2/c1-2-3-4-5-15-6-10-17(11-7-15)18-12-8-16(9-13-18)14-19(20)21/h8-9,12-15,17H,2-7,10-11H2,1H3. The first-order valence-electron chi connectivity index (χ1n) is 8.31. The lowest BCUT2D eigenvalue weighted by atomic mass is 9.77. The Morgan fingerprint density at radius 1 is 1.05 bits per heavy atom. The van der Waals surface area contributed by atoms with Crippen LogP contribution >= 0.6 is 0 Å². The average Bonchev–Trinajstić information content (AvgIpc) is 2.49. The number of hydrogen-bond donors (Lipinski definition) is 0. The van der Waals surface area contributed by atoms with Crippen molar-refractivity contribution < 1.29 is 8.78 Å². The van der Waals surface area contributed by atoms with Gasteiger partial charge in [-0.25, -0.2) is 0 Å². The van der Waals surface area contributed by atoms with Crippen LogP contribution in [-0.2, 0) is 0 Å². The van der Waals surface area contributed by atoms with E-state index in [9.17, 15) is 8.78 Å². The summed E-state index contributed by atoms with van der Waals surface area (Å²) in [6.45, 7) is 2.25. The Kier molecular flexibility index (Phi) is 6.41. The molecule has 0 amide bonds. The molecule has 116 valence electrons. The zero-order chi connectivity index (χ0) is 15.1. The van der Waals surface area contributed by atoms with Gasteiger partial charge in [-0.05, 0) is 48.6 Å². The molecule has 1 aromatic rings. The summed E-state index contributed by atoms with van der Waals surface area (Å²) in [7, 11) is 0. The quantitative estimate of drug-likeness (QED) is 0.507. The second kappa shape index (κ2) is 8.31. The molecular weight excluding hydrogens is 266 g/mol. The molecule has 0 N–H and O–H groups in total. The molecule has 2 rings (SSSR count). The van der Waals surface area contributed by atoms with Gasteiger partial charge in [0.25, 0.3) is 6.08 Å². The van der Waals surface area contributed by atoms with E-state index in [0.29, 0.717) is 11.5 Å². The second-order valence-corrected chi connectivity index (χ2v) is 6.31. The fraction of sp³-hybridized carbons (Fsp3) is 0.579. The number of unbranched alkanes of at least 4 members (excludes halogenated alkanes) is 2. The van der Waals surface area contributed by atoms with Crippen LogP contribution in [0.2, 0.25) is 0 Å². The Hall–Kier alpha value is -1.18. The van der Waals surface area contributed by atoms with Gasteiger partial charge in [-0.3, -0.25) is 0 Å². The Balaban J connectivity index is 1.83. The SMILES string of the molecule is CCCCCC1CCC(c2ccc(C=C(F)F)cc2)CC1. The molecule has 1 fully saturated rings. The predicted octanol–water partition coefficient (Wildman–Crippen LogP) is 6.78. The van der Waals surface area contributed by atoms with Gasteiger partial charge >= 0.3 is 0 Å². The minimum absolute atomic E-state index is 0.590. The lowest BCUT2D eigenvalue weighted by Crippen LogP contribution is -2.13. The number of hydrogen-bond acceptors (Lipinski definition) is 0. The van der Waals surface area contributed by atoms with Gasteiger partial charge in [0.05, 0.1) is 0 Å². The Morgan fingerprint density at radius 2 is 1.71 bits per heavy atom. The molecule has 21 heavy (non-hydrogen) atoms. The molecule has 0 heterocycles. The highest BCUT2D eigenvalue weighted by molar-refractivity contribution is 5.50. The van der Waals surface area contributed by atoms with E-state index in [1.807, 2.05) is 24.3 Å². The summed E-state index contributed by atoms with van der Waals surface area (Å²) in [5.74, 6) is 1.54. The minimum atomic E-state index is -1.63. The maximum atomic E-state index is 12.2. The number of benzene rings is 1. The van der Waals surface area contributed by atoms with E-state index in [-0.39, 0.29) is 0 Å². The minimum Gasteiger partial charge on any atom is -0.173 e. The van der Waals surface area contributed by atoms with E-state index in [2.05, 4.69) is 6.92 Å². The summed E-state index contributed by atoms with van der Waals surface area (Å²) >= 11 is 0. The Bertz CT molecular complexity index is 435. The molecule has 1 aromatic carbocycles. The summed E-state index contributed by atoms with van der Waals surface area (Å²) in [6.07, 6.45) is 9.89. The number of rotatable bonds is 6. The zero-order valence-electron chi connectivity index (χ0n) is 13.0. The van der Waals surface area contributed by atoms with E-state index < -0.39 is 6.08 Å². The highest BCUT2D eigenvalue weighted by Crippen LogP contribution is 2.37. The molecule has 2 heteroatoms. The van der Waals surface area contributed by atoms with Gasteiger partial charge in [-0.1, -0.05) is 56.9 Å². The summed E-state index contributed by atoms with van der Waals surface area (Å²) in [4.78, 5) is 0. The summed E-state index contributed by atoms with van der Waals surface area (Å²) in [6, 6.07) is 7.66. The van der Waals surface area contributed by atoms with Crippen LogP contribution in [0.4, 0.5) is 8.78 Å². The van der Waals surface area contributed by atoms with Gasteiger partial charge in [0.1, 0.15) is 0 Å². The van der Waals surface area contributed by atoms with Gasteiger partial charge < -0.3 is 0 Å². The van der Waals surface area contributed by atoms with Crippen molar-refractivity contribution in [1.82, 2.24) is 0 Å². The first-order chi connectivity index (χ1) is 10.2. The van der Waals surface area contributed by atoms with Crippen molar-refractivity contribution in [3.8, 4) is 0 Å². The number of halogens is 2. The maximum Gasteiger partial charge on any atom is 0.270 e. The lowest BCUT2D eigenvalue weighted by Gasteiger charge is -2.29. The third-order valence-electron chi connectivity index (χ3n) is 4.75. The van der Waals surface area contributed by atoms with Gasteiger partial charge in [0.2, 0.25) is 0 Å². The molecule has 0 spiro atoms. The summed E-state index contributed by atoms with van der Waals surface area (Å²) in [5, 5.41) is 0. The van der Waals surface area contributed by atoms with Crippen LogP contribution in [-0.4, -0.2) is 0 Å². The first-order valence-corrected chi connectivity index (χ1v) is 8.31. The maximum absolute atomic E-state index is 12.2. The van der Waals surface area contributed by atoms with Crippen molar-refractivity contribution in [2.75, 3.05) is 0 Å². The monoisotopic (exact) mass is 292 g/mol. The highest BCUT2D eigenvalue weighted by Gasteiger charge is 2.21. The molecule has 1 aliphatic rings. The topological polar surface area (TPSA) is 0 Å². The molecule has 1 saturated carbocycles. The normalized spacial score (nSPS) is 22.0. The molecule has 0 saturated heterocycles. The Labute approximate surface area is 127 Å². The van der Waals surface area contributed by atoms with Crippen molar-refractivity contribution in [2.45, 2.75) is 64.2 Å². The molecule has 0 radical (unpaired) electrons.